The van der Waals surface area contributed by atoms with Crippen LogP contribution >= 0.6 is 0 Å². The van der Waals surface area contributed by atoms with Gasteiger partial charge in [0.05, 0.1) is 18.3 Å². The van der Waals surface area contributed by atoms with Gasteiger partial charge in [-0.1, -0.05) is 6.92 Å². The van der Waals surface area contributed by atoms with E-state index >= 15 is 0 Å². The highest BCUT2D eigenvalue weighted by Crippen LogP contribution is 2.38. The van der Waals surface area contributed by atoms with E-state index in [1.54, 1.807) is 0 Å². The fourth-order valence-corrected chi connectivity index (χ4v) is 3.35. The van der Waals surface area contributed by atoms with Gasteiger partial charge in [0.1, 0.15) is 0 Å². The van der Waals surface area contributed by atoms with Gasteiger partial charge in [-0.15, -0.1) is 0 Å². The van der Waals surface area contributed by atoms with Crippen molar-refractivity contribution >= 4 is 5.91 Å². The van der Waals surface area contributed by atoms with Crippen LogP contribution in [0.4, 0.5) is 0 Å². The SMILES string of the molecule is CCCC(=O)N1CCC2(CC1)C[C@@H](OCC1CC1)CO2. The first-order valence-corrected chi connectivity index (χ1v) is 8.24. The summed E-state index contributed by atoms with van der Waals surface area (Å²) >= 11 is 0. The highest BCUT2D eigenvalue weighted by atomic mass is 16.6. The molecule has 1 amide bonds. The first-order valence-electron chi connectivity index (χ1n) is 8.24. The number of piperidine rings is 1. The molecule has 3 fully saturated rings. The van der Waals surface area contributed by atoms with Crippen LogP contribution in [0.5, 0.6) is 0 Å². The molecule has 0 aromatic heterocycles. The standard InChI is InChI=1S/C16H27NO3/c1-2-3-15(18)17-8-6-16(7-9-17)10-14(12-20-16)19-11-13-4-5-13/h13-14H,2-12H2,1H3/t14-/m1/s1. The van der Waals surface area contributed by atoms with Gasteiger partial charge in [0, 0.05) is 32.5 Å². The molecule has 2 aliphatic heterocycles. The number of amides is 1. The molecule has 0 N–H and O–H groups in total. The summed E-state index contributed by atoms with van der Waals surface area (Å²) in [6.07, 6.45) is 7.57. The summed E-state index contributed by atoms with van der Waals surface area (Å²) in [4.78, 5) is 13.9. The molecule has 0 aromatic rings. The highest BCUT2D eigenvalue weighted by Gasteiger charge is 2.44. The summed E-state index contributed by atoms with van der Waals surface area (Å²) in [5.41, 5.74) is -0.00277. The molecule has 3 aliphatic rings. The number of hydrogen-bond acceptors (Lipinski definition) is 3. The van der Waals surface area contributed by atoms with E-state index in [1.165, 1.54) is 12.8 Å². The normalized spacial score (nSPS) is 29.1. The monoisotopic (exact) mass is 281 g/mol. The molecular weight excluding hydrogens is 254 g/mol. The van der Waals surface area contributed by atoms with Crippen molar-refractivity contribution < 1.29 is 14.3 Å². The maximum Gasteiger partial charge on any atom is 0.222 e. The topological polar surface area (TPSA) is 38.8 Å². The zero-order valence-corrected chi connectivity index (χ0v) is 12.6. The molecule has 4 heteroatoms. The largest absolute Gasteiger partial charge is 0.375 e. The third kappa shape index (κ3) is 3.34. The van der Waals surface area contributed by atoms with Crippen molar-refractivity contribution in [2.75, 3.05) is 26.3 Å². The lowest BCUT2D eigenvalue weighted by atomic mass is 9.88. The minimum Gasteiger partial charge on any atom is -0.375 e. The number of likely N-dealkylation sites (tertiary alicyclic amines) is 1. The van der Waals surface area contributed by atoms with Gasteiger partial charge in [-0.05, 0) is 38.0 Å². The van der Waals surface area contributed by atoms with Crippen LogP contribution < -0.4 is 0 Å². The number of carbonyl (C=O) groups excluding carboxylic acids is 1. The first kappa shape index (κ1) is 14.3. The number of ether oxygens (including phenoxy) is 2. The summed E-state index contributed by atoms with van der Waals surface area (Å²) < 4.78 is 12.0. The fourth-order valence-electron chi connectivity index (χ4n) is 3.35. The van der Waals surface area contributed by atoms with E-state index in [0.29, 0.717) is 12.3 Å². The second-order valence-corrected chi connectivity index (χ2v) is 6.73. The smallest absolute Gasteiger partial charge is 0.222 e. The Balaban J connectivity index is 1.43. The van der Waals surface area contributed by atoms with E-state index in [4.69, 9.17) is 9.47 Å². The molecule has 20 heavy (non-hydrogen) atoms. The van der Waals surface area contributed by atoms with E-state index in [0.717, 1.165) is 57.9 Å². The zero-order chi connectivity index (χ0) is 14.0. The van der Waals surface area contributed by atoms with Crippen LogP contribution in [0.15, 0.2) is 0 Å². The van der Waals surface area contributed by atoms with Crippen LogP contribution in [0.1, 0.15) is 51.9 Å². The van der Waals surface area contributed by atoms with Crippen LogP contribution in [0, 0.1) is 5.92 Å². The maximum absolute atomic E-state index is 11.9. The zero-order valence-electron chi connectivity index (χ0n) is 12.6. The van der Waals surface area contributed by atoms with E-state index in [2.05, 4.69) is 6.92 Å². The van der Waals surface area contributed by atoms with Crippen molar-refractivity contribution in [1.82, 2.24) is 4.90 Å². The van der Waals surface area contributed by atoms with E-state index in [-0.39, 0.29) is 11.7 Å². The first-order chi connectivity index (χ1) is 9.71. The Labute approximate surface area is 121 Å². The summed E-state index contributed by atoms with van der Waals surface area (Å²) in [5.74, 6) is 1.13. The Bertz CT molecular complexity index is 346. The molecule has 2 saturated heterocycles. The Morgan fingerprint density at radius 2 is 2.10 bits per heavy atom. The third-order valence-electron chi connectivity index (χ3n) is 4.93. The molecule has 0 unspecified atom stereocenters. The fraction of sp³-hybridized carbons (Fsp3) is 0.938. The lowest BCUT2D eigenvalue weighted by Crippen LogP contribution is -2.46. The van der Waals surface area contributed by atoms with Crippen molar-refractivity contribution in [2.45, 2.75) is 63.6 Å². The quantitative estimate of drug-likeness (QED) is 0.776. The van der Waals surface area contributed by atoms with Gasteiger partial charge < -0.3 is 14.4 Å². The molecule has 1 spiro atoms. The number of rotatable bonds is 5. The molecule has 2 heterocycles. The predicted molar refractivity (Wildman–Crippen MR) is 76.5 cm³/mol. The van der Waals surface area contributed by atoms with Gasteiger partial charge >= 0.3 is 0 Å². The second kappa shape index (κ2) is 6.02. The minimum absolute atomic E-state index is 0.00277. The van der Waals surface area contributed by atoms with Crippen molar-refractivity contribution in [3.8, 4) is 0 Å². The van der Waals surface area contributed by atoms with Gasteiger partial charge in [-0.25, -0.2) is 0 Å². The Hall–Kier alpha value is -0.610. The van der Waals surface area contributed by atoms with Gasteiger partial charge in [-0.2, -0.15) is 0 Å². The van der Waals surface area contributed by atoms with Crippen LogP contribution in [0.2, 0.25) is 0 Å². The molecular formula is C16H27NO3. The van der Waals surface area contributed by atoms with Crippen LogP contribution in [0.3, 0.4) is 0 Å². The Morgan fingerprint density at radius 1 is 1.35 bits per heavy atom. The number of nitrogens with zero attached hydrogens (tertiary/aromatic N) is 1. The molecule has 114 valence electrons. The minimum atomic E-state index is -0.00277. The van der Waals surface area contributed by atoms with Gasteiger partial charge in [-0.3, -0.25) is 4.79 Å². The number of carbonyl (C=O) groups is 1. The van der Waals surface area contributed by atoms with Crippen molar-refractivity contribution in [3.05, 3.63) is 0 Å². The van der Waals surface area contributed by atoms with Crippen LogP contribution in [0.25, 0.3) is 0 Å². The Morgan fingerprint density at radius 3 is 2.75 bits per heavy atom. The maximum atomic E-state index is 11.9. The molecule has 4 nitrogen and oxygen atoms in total. The molecule has 1 saturated carbocycles. The number of hydrogen-bond donors (Lipinski definition) is 0. The van der Waals surface area contributed by atoms with Crippen molar-refractivity contribution in [1.29, 1.82) is 0 Å². The second-order valence-electron chi connectivity index (χ2n) is 6.73. The highest BCUT2D eigenvalue weighted by molar-refractivity contribution is 5.76. The van der Waals surface area contributed by atoms with Gasteiger partial charge in [0.15, 0.2) is 0 Å². The average Bonchev–Trinajstić information content (AvgIpc) is 3.21. The van der Waals surface area contributed by atoms with Crippen LogP contribution in [-0.2, 0) is 14.3 Å². The Kier molecular flexibility index (Phi) is 4.32. The van der Waals surface area contributed by atoms with E-state index in [9.17, 15) is 4.79 Å². The lowest BCUT2D eigenvalue weighted by molar-refractivity contribution is -0.136. The summed E-state index contributed by atoms with van der Waals surface area (Å²) in [7, 11) is 0. The third-order valence-corrected chi connectivity index (χ3v) is 4.93. The summed E-state index contributed by atoms with van der Waals surface area (Å²) in [6, 6.07) is 0. The summed E-state index contributed by atoms with van der Waals surface area (Å²) in [5, 5.41) is 0. The van der Waals surface area contributed by atoms with Crippen LogP contribution in [-0.4, -0.2) is 48.8 Å². The molecule has 1 atom stereocenters. The lowest BCUT2D eigenvalue weighted by Gasteiger charge is -2.38. The molecule has 3 rings (SSSR count). The average molecular weight is 281 g/mol. The molecule has 0 aromatic carbocycles. The molecule has 1 aliphatic carbocycles. The predicted octanol–water partition coefficient (Wildman–Crippen LogP) is 2.36. The van der Waals surface area contributed by atoms with Crippen molar-refractivity contribution in [3.63, 3.8) is 0 Å². The summed E-state index contributed by atoms with van der Waals surface area (Å²) in [6.45, 7) is 5.44. The molecule has 0 bridgehead atoms. The van der Waals surface area contributed by atoms with Gasteiger partial charge in [0.25, 0.3) is 0 Å². The van der Waals surface area contributed by atoms with Crippen molar-refractivity contribution in [2.24, 2.45) is 5.92 Å². The van der Waals surface area contributed by atoms with Gasteiger partial charge in [0.2, 0.25) is 5.91 Å². The van der Waals surface area contributed by atoms with E-state index < -0.39 is 0 Å². The molecule has 0 radical (unpaired) electrons. The van der Waals surface area contributed by atoms with E-state index in [1.807, 2.05) is 4.90 Å².